The summed E-state index contributed by atoms with van der Waals surface area (Å²) < 4.78 is 11.2. The Morgan fingerprint density at radius 1 is 1.29 bits per heavy atom. The van der Waals surface area contributed by atoms with Gasteiger partial charge in [0.1, 0.15) is 0 Å². The summed E-state index contributed by atoms with van der Waals surface area (Å²) in [6, 6.07) is 7.38. The Bertz CT molecular complexity index is 450. The van der Waals surface area contributed by atoms with Gasteiger partial charge >= 0.3 is 0 Å². The molecule has 118 valence electrons. The van der Waals surface area contributed by atoms with Crippen LogP contribution in [0.4, 0.5) is 0 Å². The van der Waals surface area contributed by atoms with Gasteiger partial charge in [-0.25, -0.2) is 0 Å². The van der Waals surface area contributed by atoms with Gasteiger partial charge in [0.05, 0.1) is 13.7 Å². The van der Waals surface area contributed by atoms with Crippen LogP contribution < -0.4 is 14.8 Å². The zero-order chi connectivity index (χ0) is 15.2. The molecule has 0 spiro atoms. The highest BCUT2D eigenvalue weighted by Gasteiger charge is 2.22. The van der Waals surface area contributed by atoms with Crippen molar-refractivity contribution in [2.75, 3.05) is 26.8 Å². The third kappa shape index (κ3) is 4.35. The van der Waals surface area contributed by atoms with E-state index in [1.54, 1.807) is 7.11 Å². The second kappa shape index (κ2) is 7.66. The maximum absolute atomic E-state index is 5.80. The molecule has 21 heavy (non-hydrogen) atoms. The summed E-state index contributed by atoms with van der Waals surface area (Å²) >= 11 is 0. The van der Waals surface area contributed by atoms with Gasteiger partial charge in [0, 0.05) is 31.7 Å². The molecule has 2 rings (SSSR count). The van der Waals surface area contributed by atoms with Crippen LogP contribution in [0, 0.1) is 0 Å². The summed E-state index contributed by atoms with van der Waals surface area (Å²) in [5.41, 5.74) is 1.28. The normalized spacial score (nSPS) is 23.0. The van der Waals surface area contributed by atoms with Crippen molar-refractivity contribution in [3.8, 4) is 11.5 Å². The number of benzene rings is 1. The summed E-state index contributed by atoms with van der Waals surface area (Å²) in [6.45, 7) is 10.4. The molecule has 0 radical (unpaired) electrons. The molecular weight excluding hydrogens is 264 g/mol. The van der Waals surface area contributed by atoms with Crippen molar-refractivity contribution in [1.29, 1.82) is 0 Å². The average molecular weight is 292 g/mol. The number of nitrogens with one attached hydrogen (secondary N) is 1. The molecule has 1 aliphatic rings. The number of rotatable bonds is 6. The fraction of sp³-hybridized carbons (Fsp3) is 0.647. The highest BCUT2D eigenvalue weighted by atomic mass is 16.5. The summed E-state index contributed by atoms with van der Waals surface area (Å²) in [5, 5.41) is 3.52. The second-order valence-electron chi connectivity index (χ2n) is 5.92. The Kier molecular flexibility index (Phi) is 5.88. The Morgan fingerprint density at radius 2 is 2.10 bits per heavy atom. The van der Waals surface area contributed by atoms with Crippen molar-refractivity contribution in [3.63, 3.8) is 0 Å². The Morgan fingerprint density at radius 3 is 2.81 bits per heavy atom. The van der Waals surface area contributed by atoms with Crippen molar-refractivity contribution in [1.82, 2.24) is 10.2 Å². The fourth-order valence-electron chi connectivity index (χ4n) is 2.70. The minimum atomic E-state index is 0.551. The zero-order valence-electron chi connectivity index (χ0n) is 13.7. The predicted octanol–water partition coefficient (Wildman–Crippen LogP) is 2.67. The topological polar surface area (TPSA) is 33.7 Å². The van der Waals surface area contributed by atoms with Crippen LogP contribution in [-0.4, -0.2) is 43.8 Å². The van der Waals surface area contributed by atoms with Crippen LogP contribution in [0.15, 0.2) is 18.2 Å². The molecule has 2 unspecified atom stereocenters. The van der Waals surface area contributed by atoms with Gasteiger partial charge in [-0.15, -0.1) is 0 Å². The number of ether oxygens (including phenoxy) is 2. The first kappa shape index (κ1) is 16.1. The molecular formula is C17H28N2O2. The molecule has 2 atom stereocenters. The summed E-state index contributed by atoms with van der Waals surface area (Å²) in [4.78, 5) is 2.52. The van der Waals surface area contributed by atoms with Crippen molar-refractivity contribution < 1.29 is 9.47 Å². The minimum absolute atomic E-state index is 0.551. The monoisotopic (exact) mass is 292 g/mol. The second-order valence-corrected chi connectivity index (χ2v) is 5.92. The van der Waals surface area contributed by atoms with E-state index in [0.717, 1.165) is 44.2 Å². The van der Waals surface area contributed by atoms with Gasteiger partial charge in [0.15, 0.2) is 11.5 Å². The highest BCUT2D eigenvalue weighted by molar-refractivity contribution is 5.43. The van der Waals surface area contributed by atoms with Crippen LogP contribution in [-0.2, 0) is 6.54 Å². The largest absolute Gasteiger partial charge is 0.493 e. The quantitative estimate of drug-likeness (QED) is 0.874. The maximum atomic E-state index is 5.80. The molecule has 1 fully saturated rings. The molecule has 0 aromatic heterocycles. The van der Waals surface area contributed by atoms with Gasteiger partial charge in [-0.3, -0.25) is 4.90 Å². The van der Waals surface area contributed by atoms with E-state index in [2.05, 4.69) is 43.1 Å². The Balaban J connectivity index is 2.08. The standard InChI is InChI=1S/C17H28N2O2/c1-5-8-21-17-9-15(6-7-16(17)20-4)12-19-11-13(2)18-10-14(19)3/h6-7,9,13-14,18H,5,8,10-12H2,1-4H3. The lowest BCUT2D eigenvalue weighted by Crippen LogP contribution is -2.53. The Hall–Kier alpha value is -1.26. The van der Waals surface area contributed by atoms with Crippen LogP contribution in [0.5, 0.6) is 11.5 Å². The molecule has 0 bridgehead atoms. The molecule has 1 saturated heterocycles. The first-order valence-electron chi connectivity index (χ1n) is 7.91. The molecule has 1 heterocycles. The summed E-state index contributed by atoms with van der Waals surface area (Å²) in [7, 11) is 1.69. The smallest absolute Gasteiger partial charge is 0.161 e. The van der Waals surface area contributed by atoms with E-state index in [-0.39, 0.29) is 0 Å². The number of methoxy groups -OCH3 is 1. The molecule has 1 aromatic carbocycles. The fourth-order valence-corrected chi connectivity index (χ4v) is 2.70. The van der Waals surface area contributed by atoms with Crippen molar-refractivity contribution in [2.24, 2.45) is 0 Å². The lowest BCUT2D eigenvalue weighted by Gasteiger charge is -2.37. The van der Waals surface area contributed by atoms with Gasteiger partial charge in [0.25, 0.3) is 0 Å². The van der Waals surface area contributed by atoms with Gasteiger partial charge in [0.2, 0.25) is 0 Å². The number of piperazine rings is 1. The van der Waals surface area contributed by atoms with Crippen LogP contribution in [0.25, 0.3) is 0 Å². The molecule has 4 nitrogen and oxygen atoms in total. The van der Waals surface area contributed by atoms with Crippen molar-refractivity contribution in [3.05, 3.63) is 23.8 Å². The molecule has 1 aromatic rings. The van der Waals surface area contributed by atoms with Gasteiger partial charge in [-0.1, -0.05) is 13.0 Å². The molecule has 0 aliphatic carbocycles. The SMILES string of the molecule is CCCOc1cc(CN2CC(C)NCC2C)ccc1OC. The lowest BCUT2D eigenvalue weighted by molar-refractivity contribution is 0.138. The molecule has 0 saturated carbocycles. The Labute approximate surface area is 128 Å². The number of hydrogen-bond acceptors (Lipinski definition) is 4. The van der Waals surface area contributed by atoms with Crippen molar-refractivity contribution in [2.45, 2.75) is 45.8 Å². The zero-order valence-corrected chi connectivity index (χ0v) is 13.7. The predicted molar refractivity (Wildman–Crippen MR) is 86.1 cm³/mol. The van der Waals surface area contributed by atoms with Crippen LogP contribution in [0.1, 0.15) is 32.8 Å². The maximum Gasteiger partial charge on any atom is 0.161 e. The van der Waals surface area contributed by atoms with E-state index < -0.39 is 0 Å². The van der Waals surface area contributed by atoms with E-state index >= 15 is 0 Å². The third-order valence-electron chi connectivity index (χ3n) is 3.97. The average Bonchev–Trinajstić information content (AvgIpc) is 2.49. The first-order valence-corrected chi connectivity index (χ1v) is 7.91. The number of hydrogen-bond donors (Lipinski definition) is 1. The van der Waals surface area contributed by atoms with Gasteiger partial charge < -0.3 is 14.8 Å². The van der Waals surface area contributed by atoms with E-state index in [9.17, 15) is 0 Å². The lowest BCUT2D eigenvalue weighted by atomic mass is 10.1. The van der Waals surface area contributed by atoms with Crippen LogP contribution in [0.3, 0.4) is 0 Å². The van der Waals surface area contributed by atoms with Crippen molar-refractivity contribution >= 4 is 0 Å². The van der Waals surface area contributed by atoms with E-state index in [4.69, 9.17) is 9.47 Å². The van der Waals surface area contributed by atoms with E-state index in [0.29, 0.717) is 12.1 Å². The third-order valence-corrected chi connectivity index (χ3v) is 3.97. The van der Waals surface area contributed by atoms with E-state index in [1.807, 2.05) is 6.07 Å². The van der Waals surface area contributed by atoms with Gasteiger partial charge in [-0.05, 0) is 38.0 Å². The van der Waals surface area contributed by atoms with Crippen LogP contribution in [0.2, 0.25) is 0 Å². The molecule has 1 aliphatic heterocycles. The van der Waals surface area contributed by atoms with Crippen LogP contribution >= 0.6 is 0 Å². The molecule has 1 N–H and O–H groups in total. The number of nitrogens with zero attached hydrogens (tertiary/aromatic N) is 1. The first-order chi connectivity index (χ1) is 10.1. The summed E-state index contributed by atoms with van der Waals surface area (Å²) in [6.07, 6.45) is 1.000. The summed E-state index contributed by atoms with van der Waals surface area (Å²) in [5.74, 6) is 1.67. The van der Waals surface area contributed by atoms with Gasteiger partial charge in [-0.2, -0.15) is 0 Å². The van der Waals surface area contributed by atoms with E-state index in [1.165, 1.54) is 5.56 Å². The molecule has 0 amide bonds. The molecule has 4 heteroatoms. The highest BCUT2D eigenvalue weighted by Crippen LogP contribution is 2.29. The minimum Gasteiger partial charge on any atom is -0.493 e.